The van der Waals surface area contributed by atoms with Crippen LogP contribution in [0.5, 0.6) is 0 Å². The van der Waals surface area contributed by atoms with Crippen LogP contribution in [-0.2, 0) is 9.59 Å². The quantitative estimate of drug-likeness (QED) is 0.310. The van der Waals surface area contributed by atoms with Crippen LogP contribution in [0.4, 0.5) is 0 Å². The number of carbonyl (C=O) groups excluding carboxylic acids is 1. The first-order valence-corrected chi connectivity index (χ1v) is 8.70. The molecule has 8 heteroatoms. The molecule has 0 saturated heterocycles. The third-order valence-electron chi connectivity index (χ3n) is 5.45. The van der Waals surface area contributed by atoms with Gasteiger partial charge in [-0.25, -0.2) is 0 Å². The van der Waals surface area contributed by atoms with E-state index in [0.717, 1.165) is 0 Å². The highest BCUT2D eigenvalue weighted by atomic mass is 16.4. The highest BCUT2D eigenvalue weighted by Gasteiger charge is 2.46. The summed E-state index contributed by atoms with van der Waals surface area (Å²) in [4.78, 5) is 24.1. The molecule has 0 spiro atoms. The number of nitrogens with one attached hydrogen (secondary N) is 1. The summed E-state index contributed by atoms with van der Waals surface area (Å²) >= 11 is 0. The zero-order chi connectivity index (χ0) is 18.5. The van der Waals surface area contributed by atoms with Gasteiger partial charge in [0.25, 0.3) is 0 Å². The Morgan fingerprint density at radius 3 is 2.50 bits per heavy atom. The summed E-state index contributed by atoms with van der Waals surface area (Å²) < 4.78 is 0. The molecule has 1 aliphatic carbocycles. The van der Waals surface area contributed by atoms with Crippen molar-refractivity contribution in [3.05, 3.63) is 0 Å². The van der Waals surface area contributed by atoms with E-state index in [-0.39, 0.29) is 24.2 Å². The maximum Gasteiger partial charge on any atom is 0.451 e. The molecule has 0 radical (unpaired) electrons. The van der Waals surface area contributed by atoms with Gasteiger partial charge in [0.2, 0.25) is 5.91 Å². The lowest BCUT2D eigenvalue weighted by Gasteiger charge is -2.30. The van der Waals surface area contributed by atoms with Crippen LogP contribution in [0, 0.1) is 11.3 Å². The minimum Gasteiger partial charge on any atom is -0.481 e. The second-order valence-corrected chi connectivity index (χ2v) is 7.66. The molecule has 1 fully saturated rings. The molecule has 0 bridgehead atoms. The number of amides is 1. The van der Waals surface area contributed by atoms with E-state index >= 15 is 0 Å². The molecule has 1 saturated carbocycles. The number of rotatable bonds is 9. The number of carboxylic acid groups (broad SMARTS) is 1. The van der Waals surface area contributed by atoms with Crippen LogP contribution in [0.3, 0.4) is 0 Å². The van der Waals surface area contributed by atoms with Crippen molar-refractivity contribution < 1.29 is 24.7 Å². The highest BCUT2D eigenvalue weighted by molar-refractivity contribution is 6.40. The van der Waals surface area contributed by atoms with Crippen molar-refractivity contribution in [1.29, 1.82) is 0 Å². The first kappa shape index (κ1) is 20.9. The largest absolute Gasteiger partial charge is 0.481 e. The van der Waals surface area contributed by atoms with Crippen LogP contribution in [-0.4, -0.2) is 45.7 Å². The number of nitrogens with two attached hydrogens (primary N) is 1. The average Bonchev–Trinajstić information content (AvgIpc) is 2.87. The Balaban J connectivity index is 2.61. The number of aliphatic carboxylic acids is 1. The van der Waals surface area contributed by atoms with Gasteiger partial charge in [0.1, 0.15) is 0 Å². The Hall–Kier alpha value is -1.12. The van der Waals surface area contributed by atoms with E-state index in [4.69, 9.17) is 15.8 Å². The van der Waals surface area contributed by atoms with Gasteiger partial charge >= 0.3 is 13.1 Å². The summed E-state index contributed by atoms with van der Waals surface area (Å²) in [6, 6.07) is -0.182. The molecule has 1 aliphatic rings. The van der Waals surface area contributed by atoms with E-state index in [1.54, 1.807) is 6.92 Å². The lowest BCUT2D eigenvalue weighted by Crippen LogP contribution is -2.57. The average molecular weight is 342 g/mol. The lowest BCUT2D eigenvalue weighted by atomic mass is 9.78. The summed E-state index contributed by atoms with van der Waals surface area (Å²) in [5.74, 6) is -1.11. The number of carbonyl (C=O) groups is 2. The van der Waals surface area contributed by atoms with E-state index in [1.807, 2.05) is 13.8 Å². The van der Waals surface area contributed by atoms with E-state index in [9.17, 15) is 14.7 Å². The molecule has 0 aromatic carbocycles. The first-order valence-electron chi connectivity index (χ1n) is 8.70. The molecule has 138 valence electrons. The highest BCUT2D eigenvalue weighted by Crippen LogP contribution is 2.43. The SMILES string of the molecule is CC(C)[C@](C)(N)C(=O)N[C@H]1CC[C@@](CCCCB(O)O)(C(=O)O)C1. The van der Waals surface area contributed by atoms with E-state index in [1.165, 1.54) is 0 Å². The normalized spacial score (nSPS) is 26.2. The van der Waals surface area contributed by atoms with E-state index in [2.05, 4.69) is 5.32 Å². The van der Waals surface area contributed by atoms with Gasteiger partial charge < -0.3 is 26.2 Å². The van der Waals surface area contributed by atoms with Crippen molar-refractivity contribution in [2.75, 3.05) is 0 Å². The van der Waals surface area contributed by atoms with Crippen molar-refractivity contribution in [1.82, 2.24) is 5.32 Å². The van der Waals surface area contributed by atoms with E-state index < -0.39 is 24.0 Å². The number of unbranched alkanes of at least 4 members (excludes halogenated alkanes) is 1. The van der Waals surface area contributed by atoms with Gasteiger partial charge in [-0.15, -0.1) is 0 Å². The van der Waals surface area contributed by atoms with Crippen molar-refractivity contribution in [3.63, 3.8) is 0 Å². The van der Waals surface area contributed by atoms with Gasteiger partial charge in [-0.3, -0.25) is 9.59 Å². The van der Waals surface area contributed by atoms with Gasteiger partial charge in [-0.1, -0.05) is 26.7 Å². The molecule has 6 N–H and O–H groups in total. The van der Waals surface area contributed by atoms with Gasteiger partial charge in [0.05, 0.1) is 11.0 Å². The van der Waals surface area contributed by atoms with Crippen molar-refractivity contribution in [3.8, 4) is 0 Å². The molecule has 1 amide bonds. The minimum absolute atomic E-state index is 0.0203. The maximum atomic E-state index is 12.3. The molecule has 7 nitrogen and oxygen atoms in total. The second-order valence-electron chi connectivity index (χ2n) is 7.66. The standard InChI is InChI=1S/C16H31BN2O5/c1-11(2)15(3,18)13(20)19-12-6-8-16(10-12,14(21)22)7-4-5-9-17(23)24/h11-12,23-24H,4-10,18H2,1-3H3,(H,19,20)(H,21,22)/t12-,15-,16+/m0/s1. The van der Waals surface area contributed by atoms with Crippen LogP contribution in [0.1, 0.15) is 59.3 Å². The summed E-state index contributed by atoms with van der Waals surface area (Å²) in [7, 11) is -1.35. The topological polar surface area (TPSA) is 133 Å². The molecule has 3 atom stereocenters. The maximum absolute atomic E-state index is 12.3. The zero-order valence-electron chi connectivity index (χ0n) is 14.9. The van der Waals surface area contributed by atoms with Crippen LogP contribution >= 0.6 is 0 Å². The fourth-order valence-electron chi connectivity index (χ4n) is 3.17. The predicted octanol–water partition coefficient (Wildman–Crippen LogP) is 0.743. The number of carboxylic acids is 1. The Kier molecular flexibility index (Phi) is 7.25. The molecule has 0 aromatic rings. The third-order valence-corrected chi connectivity index (χ3v) is 5.45. The molecule has 1 rings (SSSR count). The fraction of sp³-hybridized carbons (Fsp3) is 0.875. The summed E-state index contributed by atoms with van der Waals surface area (Å²) in [5.41, 5.74) is 4.23. The molecular weight excluding hydrogens is 311 g/mol. The Labute approximate surface area is 144 Å². The monoisotopic (exact) mass is 342 g/mol. The molecule has 0 heterocycles. The minimum atomic E-state index is -1.35. The Morgan fingerprint density at radius 1 is 1.38 bits per heavy atom. The van der Waals surface area contributed by atoms with Gasteiger partial charge in [-0.05, 0) is 44.8 Å². The Bertz CT molecular complexity index is 456. The molecule has 0 aliphatic heterocycles. The fourth-order valence-corrected chi connectivity index (χ4v) is 3.17. The van der Waals surface area contributed by atoms with Crippen molar-refractivity contribution in [2.45, 2.75) is 77.2 Å². The van der Waals surface area contributed by atoms with Gasteiger partial charge in [0.15, 0.2) is 0 Å². The van der Waals surface area contributed by atoms with Crippen molar-refractivity contribution in [2.24, 2.45) is 17.1 Å². The third kappa shape index (κ3) is 5.19. The predicted molar refractivity (Wildman–Crippen MR) is 92.1 cm³/mol. The summed E-state index contributed by atoms with van der Waals surface area (Å²) in [6.07, 6.45) is 3.43. The number of hydrogen-bond donors (Lipinski definition) is 5. The van der Waals surface area contributed by atoms with Crippen LogP contribution in [0.15, 0.2) is 0 Å². The Morgan fingerprint density at radius 2 is 2.00 bits per heavy atom. The van der Waals surface area contributed by atoms with E-state index in [0.29, 0.717) is 38.5 Å². The van der Waals surface area contributed by atoms with Crippen LogP contribution in [0.25, 0.3) is 0 Å². The number of hydrogen-bond acceptors (Lipinski definition) is 5. The van der Waals surface area contributed by atoms with Gasteiger partial charge in [-0.2, -0.15) is 0 Å². The molecule has 24 heavy (non-hydrogen) atoms. The second kappa shape index (κ2) is 8.31. The molecular formula is C16H31BN2O5. The summed E-state index contributed by atoms with van der Waals surface area (Å²) in [5, 5.41) is 30.3. The van der Waals surface area contributed by atoms with Crippen molar-refractivity contribution >= 4 is 19.0 Å². The smallest absolute Gasteiger partial charge is 0.451 e. The lowest BCUT2D eigenvalue weighted by molar-refractivity contribution is -0.149. The first-order chi connectivity index (χ1) is 11.0. The van der Waals surface area contributed by atoms with Crippen LogP contribution < -0.4 is 11.1 Å². The zero-order valence-corrected chi connectivity index (χ0v) is 14.9. The summed E-state index contributed by atoms with van der Waals surface area (Å²) in [6.45, 7) is 5.45. The molecule has 0 unspecified atom stereocenters. The van der Waals surface area contributed by atoms with Gasteiger partial charge in [0, 0.05) is 6.04 Å². The molecule has 0 aromatic heterocycles. The van der Waals surface area contributed by atoms with Crippen LogP contribution in [0.2, 0.25) is 6.32 Å².